The minimum Gasteiger partial charge on any atom is -0.303 e. The summed E-state index contributed by atoms with van der Waals surface area (Å²) in [5.41, 5.74) is 0.583. The Bertz CT molecular complexity index is 341. The predicted octanol–water partition coefficient (Wildman–Crippen LogP) is 2.12. The van der Waals surface area contributed by atoms with E-state index in [1.807, 2.05) is 0 Å². The average molecular weight is 163 g/mol. The second kappa shape index (κ2) is 3.63. The van der Waals surface area contributed by atoms with Gasteiger partial charge in [-0.2, -0.15) is 0 Å². The van der Waals surface area contributed by atoms with Crippen LogP contribution in [0.15, 0.2) is 18.2 Å². The van der Waals surface area contributed by atoms with E-state index in [-0.39, 0.29) is 12.1 Å². The standard InChI is InChI=1S/C9H6FNO/c1-11-9-3-2-7(4-5-12)6-8(9)10/h2-3,5-6H,4H2. The van der Waals surface area contributed by atoms with Crippen molar-refractivity contribution < 1.29 is 9.18 Å². The van der Waals surface area contributed by atoms with Crippen molar-refractivity contribution in [3.8, 4) is 0 Å². The summed E-state index contributed by atoms with van der Waals surface area (Å²) in [5.74, 6) is -0.565. The van der Waals surface area contributed by atoms with Gasteiger partial charge in [0, 0.05) is 6.42 Å². The topological polar surface area (TPSA) is 21.4 Å². The Labute approximate surface area is 69.5 Å². The Morgan fingerprint density at radius 3 is 2.83 bits per heavy atom. The number of carbonyl (C=O) groups is 1. The summed E-state index contributed by atoms with van der Waals surface area (Å²) in [6.45, 7) is 6.57. The molecule has 0 aliphatic carbocycles. The number of halogens is 1. The van der Waals surface area contributed by atoms with Crippen LogP contribution < -0.4 is 0 Å². The molecule has 0 radical (unpaired) electrons. The third-order valence-electron chi connectivity index (χ3n) is 1.45. The Morgan fingerprint density at radius 1 is 1.58 bits per heavy atom. The molecule has 0 saturated carbocycles. The smallest absolute Gasteiger partial charge is 0.222 e. The fourth-order valence-electron chi connectivity index (χ4n) is 0.864. The van der Waals surface area contributed by atoms with E-state index in [4.69, 9.17) is 6.57 Å². The summed E-state index contributed by atoms with van der Waals surface area (Å²) in [4.78, 5) is 13.0. The van der Waals surface area contributed by atoms with E-state index in [0.29, 0.717) is 11.8 Å². The third kappa shape index (κ3) is 1.67. The molecule has 0 aliphatic heterocycles. The molecule has 1 aromatic carbocycles. The summed E-state index contributed by atoms with van der Waals surface area (Å²) in [6.07, 6.45) is 0.890. The van der Waals surface area contributed by atoms with Crippen molar-refractivity contribution in [3.05, 3.63) is 41.0 Å². The summed E-state index contributed by atoms with van der Waals surface area (Å²) in [5, 5.41) is 0. The monoisotopic (exact) mass is 163 g/mol. The first kappa shape index (κ1) is 8.41. The molecule has 1 aromatic rings. The van der Waals surface area contributed by atoms with Crippen molar-refractivity contribution in [1.29, 1.82) is 0 Å². The molecule has 0 fully saturated rings. The van der Waals surface area contributed by atoms with Gasteiger partial charge in [-0.05, 0) is 11.6 Å². The second-order valence-corrected chi connectivity index (χ2v) is 2.27. The molecule has 0 amide bonds. The number of benzene rings is 1. The fraction of sp³-hybridized carbons (Fsp3) is 0.111. The van der Waals surface area contributed by atoms with Crippen molar-refractivity contribution >= 4 is 12.0 Å². The maximum absolute atomic E-state index is 12.8. The number of hydrogen-bond donors (Lipinski definition) is 0. The molecule has 0 saturated heterocycles. The molecular formula is C9H6FNO. The lowest BCUT2D eigenvalue weighted by atomic mass is 10.1. The van der Waals surface area contributed by atoms with Crippen LogP contribution in [0.4, 0.5) is 10.1 Å². The minimum atomic E-state index is -0.565. The van der Waals surface area contributed by atoms with Gasteiger partial charge in [0.15, 0.2) is 0 Å². The van der Waals surface area contributed by atoms with E-state index in [2.05, 4.69) is 4.85 Å². The highest BCUT2D eigenvalue weighted by molar-refractivity contribution is 5.57. The zero-order valence-electron chi connectivity index (χ0n) is 6.25. The molecule has 60 valence electrons. The van der Waals surface area contributed by atoms with Crippen LogP contribution in [0, 0.1) is 12.4 Å². The van der Waals surface area contributed by atoms with Crippen molar-refractivity contribution in [2.75, 3.05) is 0 Å². The molecule has 0 bridgehead atoms. The number of hydrogen-bond acceptors (Lipinski definition) is 1. The maximum atomic E-state index is 12.8. The molecule has 0 spiro atoms. The fourth-order valence-corrected chi connectivity index (χ4v) is 0.864. The minimum absolute atomic E-state index is 0.00958. The van der Waals surface area contributed by atoms with E-state index in [9.17, 15) is 9.18 Å². The zero-order chi connectivity index (χ0) is 8.97. The lowest BCUT2D eigenvalue weighted by Crippen LogP contribution is -1.86. The van der Waals surface area contributed by atoms with Crippen LogP contribution in [-0.2, 0) is 11.2 Å². The summed E-state index contributed by atoms with van der Waals surface area (Å²) in [7, 11) is 0. The lowest BCUT2D eigenvalue weighted by molar-refractivity contribution is -0.107. The summed E-state index contributed by atoms with van der Waals surface area (Å²) in [6, 6.07) is 4.16. The Balaban J connectivity index is 3.03. The molecule has 3 heteroatoms. The highest BCUT2D eigenvalue weighted by Gasteiger charge is 2.01. The van der Waals surface area contributed by atoms with Crippen molar-refractivity contribution in [3.63, 3.8) is 0 Å². The van der Waals surface area contributed by atoms with Gasteiger partial charge in [0.05, 0.1) is 6.57 Å². The van der Waals surface area contributed by atoms with E-state index < -0.39 is 5.82 Å². The van der Waals surface area contributed by atoms with Gasteiger partial charge in [-0.15, -0.1) is 0 Å². The Kier molecular flexibility index (Phi) is 2.54. The van der Waals surface area contributed by atoms with Crippen LogP contribution in [0.1, 0.15) is 5.56 Å². The van der Waals surface area contributed by atoms with Crippen LogP contribution in [-0.4, -0.2) is 6.29 Å². The molecule has 1 rings (SSSR count). The molecular weight excluding hydrogens is 157 g/mol. The van der Waals surface area contributed by atoms with Gasteiger partial charge >= 0.3 is 0 Å². The largest absolute Gasteiger partial charge is 0.303 e. The Hall–Kier alpha value is -1.69. The molecule has 0 aliphatic rings. The molecule has 0 atom stereocenters. The molecule has 0 aromatic heterocycles. The summed E-state index contributed by atoms with van der Waals surface area (Å²) < 4.78 is 12.8. The molecule has 0 unspecified atom stereocenters. The quantitative estimate of drug-likeness (QED) is 0.483. The van der Waals surface area contributed by atoms with Crippen molar-refractivity contribution in [1.82, 2.24) is 0 Å². The van der Waals surface area contributed by atoms with Gasteiger partial charge in [-0.1, -0.05) is 12.1 Å². The van der Waals surface area contributed by atoms with Gasteiger partial charge < -0.3 is 4.79 Å². The first-order valence-corrected chi connectivity index (χ1v) is 3.37. The van der Waals surface area contributed by atoms with Crippen LogP contribution in [0.25, 0.3) is 4.85 Å². The van der Waals surface area contributed by atoms with Gasteiger partial charge in [0.2, 0.25) is 5.69 Å². The molecule has 2 nitrogen and oxygen atoms in total. The highest BCUT2D eigenvalue weighted by Crippen LogP contribution is 2.18. The number of carbonyl (C=O) groups excluding carboxylic acids is 1. The molecule has 0 heterocycles. The van der Waals surface area contributed by atoms with E-state index in [1.165, 1.54) is 12.1 Å². The van der Waals surface area contributed by atoms with Gasteiger partial charge in [-0.3, -0.25) is 0 Å². The molecule has 12 heavy (non-hydrogen) atoms. The van der Waals surface area contributed by atoms with E-state index >= 15 is 0 Å². The normalized spacial score (nSPS) is 9.00. The van der Waals surface area contributed by atoms with Crippen LogP contribution in [0.2, 0.25) is 0 Å². The van der Waals surface area contributed by atoms with E-state index in [1.54, 1.807) is 6.07 Å². The maximum Gasteiger partial charge on any atom is 0.222 e. The number of aldehydes is 1. The molecule has 0 N–H and O–H groups in total. The lowest BCUT2D eigenvalue weighted by Gasteiger charge is -1.96. The van der Waals surface area contributed by atoms with Crippen LogP contribution >= 0.6 is 0 Å². The SMILES string of the molecule is [C-]#[N+]c1ccc(CC=O)cc1F. The van der Waals surface area contributed by atoms with E-state index in [0.717, 1.165) is 0 Å². The third-order valence-corrected chi connectivity index (χ3v) is 1.45. The van der Waals surface area contributed by atoms with Gasteiger partial charge in [0.1, 0.15) is 12.1 Å². The second-order valence-electron chi connectivity index (χ2n) is 2.27. The van der Waals surface area contributed by atoms with Crippen LogP contribution in [0.3, 0.4) is 0 Å². The highest BCUT2D eigenvalue weighted by atomic mass is 19.1. The number of nitrogens with zero attached hydrogens (tertiary/aromatic N) is 1. The van der Waals surface area contributed by atoms with Crippen molar-refractivity contribution in [2.24, 2.45) is 0 Å². The van der Waals surface area contributed by atoms with Gasteiger partial charge in [-0.25, -0.2) is 9.24 Å². The predicted molar refractivity (Wildman–Crippen MR) is 42.4 cm³/mol. The van der Waals surface area contributed by atoms with Crippen LogP contribution in [0.5, 0.6) is 0 Å². The summed E-state index contributed by atoms with van der Waals surface area (Å²) >= 11 is 0. The first-order chi connectivity index (χ1) is 5.77. The Morgan fingerprint density at radius 2 is 2.33 bits per heavy atom. The zero-order valence-corrected chi connectivity index (χ0v) is 6.25. The van der Waals surface area contributed by atoms with Crippen molar-refractivity contribution in [2.45, 2.75) is 6.42 Å². The number of rotatable bonds is 2. The first-order valence-electron chi connectivity index (χ1n) is 3.37. The van der Waals surface area contributed by atoms with Gasteiger partial charge in [0.25, 0.3) is 0 Å². The average Bonchev–Trinajstić information content (AvgIpc) is 2.05.